The highest BCUT2D eigenvalue weighted by Gasteiger charge is 2.45. The summed E-state index contributed by atoms with van der Waals surface area (Å²) < 4.78 is 18.8. The minimum atomic E-state index is -0.509. The topological polar surface area (TPSA) is 75.5 Å². The Hall–Kier alpha value is -2.77. The Labute approximate surface area is 169 Å². The van der Waals surface area contributed by atoms with Gasteiger partial charge in [0.05, 0.1) is 24.7 Å². The Morgan fingerprint density at radius 3 is 2.69 bits per heavy atom. The third kappa shape index (κ3) is 4.16. The molecule has 2 atom stereocenters. The van der Waals surface area contributed by atoms with E-state index in [0.29, 0.717) is 19.6 Å². The van der Waals surface area contributed by atoms with Gasteiger partial charge in [-0.25, -0.2) is 9.67 Å². The molecule has 7 nitrogen and oxygen atoms in total. The second-order valence-electron chi connectivity index (χ2n) is 7.78. The lowest BCUT2D eigenvalue weighted by Gasteiger charge is -2.42. The van der Waals surface area contributed by atoms with E-state index < -0.39 is 11.5 Å². The number of benzene rings is 2. The van der Waals surface area contributed by atoms with Gasteiger partial charge in [0.2, 0.25) is 0 Å². The number of hydrogen-bond donors (Lipinski definition) is 0. The number of esters is 1. The van der Waals surface area contributed by atoms with Gasteiger partial charge in [-0.2, -0.15) is 5.10 Å². The molecular weight excluding hydrogens is 370 g/mol. The quantitative estimate of drug-likeness (QED) is 0.597. The molecule has 0 N–H and O–H groups in total. The average molecular weight is 395 g/mol. The maximum atomic E-state index is 12.0. The van der Waals surface area contributed by atoms with Gasteiger partial charge in [-0.3, -0.25) is 4.79 Å². The minimum absolute atomic E-state index is 0.250. The standard InChI is InChI=1S/C22H25N3O4/c1-16(26)29-21(22(2)11-27-15-28-12-22)20(25-14-23-13-24-25)10-18-8-5-7-17-6-3-4-9-19(17)18/h3-9,13-14,20-21H,10-12,15H2,1-2H3. The van der Waals surface area contributed by atoms with E-state index in [1.807, 2.05) is 25.1 Å². The van der Waals surface area contributed by atoms with Crippen molar-refractivity contribution < 1.29 is 19.0 Å². The molecule has 1 aromatic heterocycles. The summed E-state index contributed by atoms with van der Waals surface area (Å²) in [7, 11) is 0. The molecule has 1 aliphatic heterocycles. The van der Waals surface area contributed by atoms with Crippen LogP contribution < -0.4 is 0 Å². The molecule has 0 amide bonds. The van der Waals surface area contributed by atoms with Crippen molar-refractivity contribution >= 4 is 16.7 Å². The zero-order chi connectivity index (χ0) is 20.3. The number of aromatic nitrogens is 3. The summed E-state index contributed by atoms with van der Waals surface area (Å²) in [4.78, 5) is 16.2. The van der Waals surface area contributed by atoms with Crippen molar-refractivity contribution in [1.29, 1.82) is 0 Å². The van der Waals surface area contributed by atoms with E-state index >= 15 is 0 Å². The van der Waals surface area contributed by atoms with Crippen LogP contribution in [0, 0.1) is 5.41 Å². The molecule has 1 fully saturated rings. The van der Waals surface area contributed by atoms with Gasteiger partial charge in [0.25, 0.3) is 0 Å². The van der Waals surface area contributed by atoms with E-state index in [4.69, 9.17) is 14.2 Å². The van der Waals surface area contributed by atoms with Crippen LogP contribution in [0.1, 0.15) is 25.5 Å². The first-order valence-electron chi connectivity index (χ1n) is 9.70. The highest BCUT2D eigenvalue weighted by molar-refractivity contribution is 5.85. The fraction of sp³-hybridized carbons (Fsp3) is 0.409. The molecule has 0 aliphatic carbocycles. The van der Waals surface area contributed by atoms with E-state index in [2.05, 4.69) is 34.3 Å². The maximum absolute atomic E-state index is 12.0. The summed E-state index contributed by atoms with van der Waals surface area (Å²) in [6.07, 6.45) is 3.29. The molecule has 4 rings (SSSR count). The number of carbonyl (C=O) groups excluding carboxylic acids is 1. The van der Waals surface area contributed by atoms with Gasteiger partial charge >= 0.3 is 5.97 Å². The third-order valence-electron chi connectivity index (χ3n) is 5.44. The monoisotopic (exact) mass is 395 g/mol. The van der Waals surface area contributed by atoms with Gasteiger partial charge in [0, 0.05) is 6.92 Å². The predicted molar refractivity (Wildman–Crippen MR) is 107 cm³/mol. The first-order valence-corrected chi connectivity index (χ1v) is 9.70. The second kappa shape index (κ2) is 8.31. The highest BCUT2D eigenvalue weighted by Crippen LogP contribution is 2.37. The van der Waals surface area contributed by atoms with Gasteiger partial charge in [-0.1, -0.05) is 49.4 Å². The molecule has 29 heavy (non-hydrogen) atoms. The smallest absolute Gasteiger partial charge is 0.303 e. The molecule has 2 heterocycles. The lowest BCUT2D eigenvalue weighted by molar-refractivity contribution is -0.208. The summed E-state index contributed by atoms with van der Waals surface area (Å²) in [5, 5.41) is 6.72. The summed E-state index contributed by atoms with van der Waals surface area (Å²) >= 11 is 0. The van der Waals surface area contributed by atoms with Gasteiger partial charge in [-0.05, 0) is 22.8 Å². The summed E-state index contributed by atoms with van der Waals surface area (Å²) in [6, 6.07) is 14.2. The van der Waals surface area contributed by atoms with Crippen molar-refractivity contribution in [3.63, 3.8) is 0 Å². The van der Waals surface area contributed by atoms with Crippen LogP contribution in [-0.4, -0.2) is 46.8 Å². The number of fused-ring (bicyclic) bond motifs is 1. The molecule has 3 aromatic rings. The number of nitrogens with zero attached hydrogens (tertiary/aromatic N) is 3. The van der Waals surface area contributed by atoms with Crippen molar-refractivity contribution in [3.05, 3.63) is 60.7 Å². The van der Waals surface area contributed by atoms with Crippen molar-refractivity contribution in [1.82, 2.24) is 14.8 Å². The third-order valence-corrected chi connectivity index (χ3v) is 5.44. The second-order valence-corrected chi connectivity index (χ2v) is 7.78. The average Bonchev–Trinajstić information content (AvgIpc) is 3.25. The molecule has 1 aliphatic rings. The summed E-state index contributed by atoms with van der Waals surface area (Å²) in [6.45, 7) is 4.57. The Kier molecular flexibility index (Phi) is 5.60. The lowest BCUT2D eigenvalue weighted by atomic mass is 9.79. The molecule has 2 aromatic carbocycles. The molecule has 0 spiro atoms. The van der Waals surface area contributed by atoms with Crippen molar-refractivity contribution in [3.8, 4) is 0 Å². The Bertz CT molecular complexity index is 962. The summed E-state index contributed by atoms with van der Waals surface area (Å²) in [5.41, 5.74) is 0.646. The van der Waals surface area contributed by atoms with Crippen LogP contribution in [0.5, 0.6) is 0 Å². The van der Waals surface area contributed by atoms with Crippen molar-refractivity contribution in [2.24, 2.45) is 5.41 Å². The van der Waals surface area contributed by atoms with E-state index in [0.717, 1.165) is 5.56 Å². The SMILES string of the molecule is CC(=O)OC(C(Cc1cccc2ccccc12)n1cncn1)C1(C)COCOC1. The lowest BCUT2D eigenvalue weighted by Crippen LogP contribution is -2.50. The van der Waals surface area contributed by atoms with Gasteiger partial charge < -0.3 is 14.2 Å². The zero-order valence-corrected chi connectivity index (χ0v) is 16.7. The molecule has 0 radical (unpaired) electrons. The first kappa shape index (κ1) is 19.5. The Balaban J connectivity index is 1.76. The van der Waals surface area contributed by atoms with Crippen molar-refractivity contribution in [2.45, 2.75) is 32.4 Å². The Morgan fingerprint density at radius 1 is 1.21 bits per heavy atom. The van der Waals surface area contributed by atoms with E-state index in [9.17, 15) is 4.79 Å². The van der Waals surface area contributed by atoms with Gasteiger partial charge in [0.15, 0.2) is 0 Å². The minimum Gasteiger partial charge on any atom is -0.459 e. The zero-order valence-electron chi connectivity index (χ0n) is 16.7. The maximum Gasteiger partial charge on any atom is 0.303 e. The molecule has 2 unspecified atom stereocenters. The fourth-order valence-electron chi connectivity index (χ4n) is 4.10. The first-order chi connectivity index (χ1) is 14.1. The van der Waals surface area contributed by atoms with Crippen LogP contribution in [0.2, 0.25) is 0 Å². The highest BCUT2D eigenvalue weighted by atomic mass is 16.7. The number of ether oxygens (including phenoxy) is 3. The number of hydrogen-bond acceptors (Lipinski definition) is 6. The van der Waals surface area contributed by atoms with Crippen LogP contribution in [0.25, 0.3) is 10.8 Å². The van der Waals surface area contributed by atoms with Gasteiger partial charge in [0.1, 0.15) is 25.6 Å². The van der Waals surface area contributed by atoms with Crippen LogP contribution in [0.3, 0.4) is 0 Å². The van der Waals surface area contributed by atoms with E-state index in [1.165, 1.54) is 24.0 Å². The molecular formula is C22H25N3O4. The normalized spacial score (nSPS) is 18.3. The molecule has 0 bridgehead atoms. The van der Waals surface area contributed by atoms with E-state index in [-0.39, 0.29) is 18.8 Å². The summed E-state index contributed by atoms with van der Waals surface area (Å²) in [5.74, 6) is -0.343. The predicted octanol–water partition coefficient (Wildman–Crippen LogP) is 3.16. The molecule has 1 saturated heterocycles. The van der Waals surface area contributed by atoms with Crippen LogP contribution >= 0.6 is 0 Å². The largest absolute Gasteiger partial charge is 0.459 e. The molecule has 7 heteroatoms. The van der Waals surface area contributed by atoms with Crippen molar-refractivity contribution in [2.75, 3.05) is 20.0 Å². The fourth-order valence-corrected chi connectivity index (χ4v) is 4.10. The molecule has 152 valence electrons. The molecule has 0 saturated carbocycles. The van der Waals surface area contributed by atoms with E-state index in [1.54, 1.807) is 11.0 Å². The van der Waals surface area contributed by atoms with Gasteiger partial charge in [-0.15, -0.1) is 0 Å². The number of carbonyl (C=O) groups is 1. The van der Waals surface area contributed by atoms with Crippen LogP contribution in [0.15, 0.2) is 55.1 Å². The van der Waals surface area contributed by atoms with Crippen LogP contribution in [-0.2, 0) is 25.4 Å². The number of rotatable bonds is 6. The Morgan fingerprint density at radius 2 is 1.97 bits per heavy atom. The van der Waals surface area contributed by atoms with Crippen LogP contribution in [0.4, 0.5) is 0 Å².